The van der Waals surface area contributed by atoms with Gasteiger partial charge >= 0.3 is 0 Å². The first kappa shape index (κ1) is 15.0. The topological polar surface area (TPSA) is 27.3 Å². The lowest BCUT2D eigenvalue weighted by Crippen LogP contribution is -2.48. The van der Waals surface area contributed by atoms with Gasteiger partial charge in [0.15, 0.2) is 5.11 Å². The molecule has 0 aromatic heterocycles. The number of rotatable bonds is 3. The van der Waals surface area contributed by atoms with Crippen LogP contribution in [-0.4, -0.2) is 5.11 Å². The average Bonchev–Trinajstić information content (AvgIpc) is 2.89. The zero-order valence-electron chi connectivity index (χ0n) is 13.2. The predicted octanol–water partition coefficient (Wildman–Crippen LogP) is 3.77. The molecular weight excluding hydrogens is 290 g/mol. The Labute approximate surface area is 137 Å². The molecule has 0 spiro atoms. The van der Waals surface area contributed by atoms with Gasteiger partial charge in [0.25, 0.3) is 0 Å². The Balaban J connectivity index is 2.00. The van der Waals surface area contributed by atoms with Crippen molar-refractivity contribution in [2.24, 2.45) is 0 Å². The molecule has 0 bridgehead atoms. The minimum Gasteiger partial charge on any atom is -0.338 e. The van der Waals surface area contributed by atoms with Crippen molar-refractivity contribution in [3.05, 3.63) is 65.2 Å². The van der Waals surface area contributed by atoms with Gasteiger partial charge in [0.2, 0.25) is 0 Å². The van der Waals surface area contributed by atoms with E-state index in [1.807, 2.05) is 11.1 Å². The van der Waals surface area contributed by atoms with E-state index < -0.39 is 0 Å². The number of nitrogens with zero attached hydrogens (tertiary/aromatic N) is 1. The van der Waals surface area contributed by atoms with E-state index in [9.17, 15) is 0 Å². The molecule has 3 rings (SSSR count). The number of hydrogen-bond acceptors (Lipinski definition) is 2. The Morgan fingerprint density at radius 2 is 1.77 bits per heavy atom. The van der Waals surface area contributed by atoms with Crippen LogP contribution in [0.1, 0.15) is 30.0 Å². The molecule has 1 aliphatic heterocycles. The van der Waals surface area contributed by atoms with Gasteiger partial charge in [-0.05, 0) is 55.2 Å². The van der Waals surface area contributed by atoms with Crippen LogP contribution in [0.15, 0.2) is 48.5 Å². The van der Waals surface area contributed by atoms with Crippen molar-refractivity contribution in [1.29, 1.82) is 0 Å². The second-order valence-corrected chi connectivity index (χ2v) is 6.11. The maximum absolute atomic E-state index is 5.59. The molecule has 4 heteroatoms. The van der Waals surface area contributed by atoms with Crippen LogP contribution in [0, 0.1) is 13.8 Å². The van der Waals surface area contributed by atoms with Crippen molar-refractivity contribution in [1.82, 2.24) is 10.7 Å². The SMILES string of the molecule is CCC1(c2ccccc2)NC(=S)N(c2cccc(C)c2C)N1. The fourth-order valence-corrected chi connectivity index (χ4v) is 3.20. The summed E-state index contributed by atoms with van der Waals surface area (Å²) in [6.07, 6.45) is 0.887. The molecule has 1 heterocycles. The number of hydrazine groups is 1. The van der Waals surface area contributed by atoms with E-state index >= 15 is 0 Å². The smallest absolute Gasteiger partial charge is 0.190 e. The molecule has 0 saturated carbocycles. The number of hydrogen-bond donors (Lipinski definition) is 2. The lowest BCUT2D eigenvalue weighted by Gasteiger charge is -2.29. The molecule has 2 N–H and O–H groups in total. The normalized spacial score (nSPS) is 21.0. The van der Waals surface area contributed by atoms with Crippen molar-refractivity contribution >= 4 is 23.0 Å². The third-order valence-corrected chi connectivity index (χ3v) is 4.72. The Kier molecular flexibility index (Phi) is 3.89. The van der Waals surface area contributed by atoms with Gasteiger partial charge in [-0.15, -0.1) is 0 Å². The Hall–Kier alpha value is -1.91. The number of anilines is 1. The largest absolute Gasteiger partial charge is 0.338 e. The summed E-state index contributed by atoms with van der Waals surface area (Å²) < 4.78 is 0. The highest BCUT2D eigenvalue weighted by Gasteiger charge is 2.41. The minimum atomic E-state index is -0.353. The molecule has 1 saturated heterocycles. The number of nitrogens with one attached hydrogen (secondary N) is 2. The lowest BCUT2D eigenvalue weighted by molar-refractivity contribution is 0.337. The van der Waals surface area contributed by atoms with E-state index in [0.29, 0.717) is 5.11 Å². The van der Waals surface area contributed by atoms with Crippen LogP contribution in [-0.2, 0) is 5.66 Å². The Morgan fingerprint density at radius 3 is 2.45 bits per heavy atom. The summed E-state index contributed by atoms with van der Waals surface area (Å²) in [6, 6.07) is 16.7. The quantitative estimate of drug-likeness (QED) is 0.844. The van der Waals surface area contributed by atoms with Crippen molar-refractivity contribution in [2.45, 2.75) is 32.9 Å². The highest BCUT2D eigenvalue weighted by molar-refractivity contribution is 7.80. The van der Waals surface area contributed by atoms with Gasteiger partial charge in [0, 0.05) is 0 Å². The fourth-order valence-electron chi connectivity index (χ4n) is 2.89. The minimum absolute atomic E-state index is 0.353. The third-order valence-electron chi connectivity index (χ3n) is 4.44. The van der Waals surface area contributed by atoms with E-state index in [2.05, 4.69) is 74.0 Å². The summed E-state index contributed by atoms with van der Waals surface area (Å²) >= 11 is 5.59. The highest BCUT2D eigenvalue weighted by Crippen LogP contribution is 2.31. The zero-order valence-corrected chi connectivity index (χ0v) is 14.0. The molecular formula is C18H21N3S. The van der Waals surface area contributed by atoms with Gasteiger partial charge in [-0.3, -0.25) is 0 Å². The van der Waals surface area contributed by atoms with Crippen LogP contribution in [0.3, 0.4) is 0 Å². The lowest BCUT2D eigenvalue weighted by atomic mass is 9.98. The van der Waals surface area contributed by atoms with Crippen molar-refractivity contribution in [3.8, 4) is 0 Å². The van der Waals surface area contributed by atoms with E-state index in [0.717, 1.165) is 12.1 Å². The van der Waals surface area contributed by atoms with Crippen molar-refractivity contribution in [2.75, 3.05) is 5.01 Å². The van der Waals surface area contributed by atoms with Gasteiger partial charge in [-0.1, -0.05) is 49.4 Å². The van der Waals surface area contributed by atoms with Crippen molar-refractivity contribution in [3.63, 3.8) is 0 Å². The van der Waals surface area contributed by atoms with E-state index in [4.69, 9.17) is 12.2 Å². The third kappa shape index (κ3) is 2.38. The van der Waals surface area contributed by atoms with Crippen LogP contribution in [0.2, 0.25) is 0 Å². The highest BCUT2D eigenvalue weighted by atomic mass is 32.1. The Morgan fingerprint density at radius 1 is 1.05 bits per heavy atom. The summed E-state index contributed by atoms with van der Waals surface area (Å²) in [5.74, 6) is 0. The molecule has 2 aromatic rings. The second kappa shape index (κ2) is 5.71. The number of thiocarbonyl (C=S) groups is 1. The van der Waals surface area contributed by atoms with Gasteiger partial charge < -0.3 is 5.32 Å². The van der Waals surface area contributed by atoms with E-state index in [-0.39, 0.29) is 5.66 Å². The molecule has 114 valence electrons. The first-order valence-electron chi connectivity index (χ1n) is 7.59. The molecule has 1 aliphatic rings. The second-order valence-electron chi connectivity index (χ2n) is 5.72. The first-order valence-corrected chi connectivity index (χ1v) is 8.00. The molecule has 2 aromatic carbocycles. The van der Waals surface area contributed by atoms with Crippen LogP contribution >= 0.6 is 12.2 Å². The van der Waals surface area contributed by atoms with Crippen LogP contribution in [0.5, 0.6) is 0 Å². The molecule has 1 unspecified atom stereocenters. The predicted molar refractivity (Wildman–Crippen MR) is 95.7 cm³/mol. The van der Waals surface area contributed by atoms with Crippen LogP contribution < -0.4 is 15.8 Å². The van der Waals surface area contributed by atoms with Gasteiger partial charge in [0.1, 0.15) is 5.66 Å². The van der Waals surface area contributed by atoms with E-state index in [1.54, 1.807) is 0 Å². The maximum atomic E-state index is 5.59. The Bertz CT molecular complexity index is 699. The molecule has 1 fully saturated rings. The molecule has 0 aliphatic carbocycles. The molecule has 22 heavy (non-hydrogen) atoms. The monoisotopic (exact) mass is 311 g/mol. The summed E-state index contributed by atoms with van der Waals surface area (Å²) in [7, 11) is 0. The van der Waals surface area contributed by atoms with Gasteiger partial charge in [0.05, 0.1) is 5.69 Å². The number of benzene rings is 2. The summed E-state index contributed by atoms with van der Waals surface area (Å²) in [5, 5.41) is 6.18. The number of aryl methyl sites for hydroxylation is 1. The first-order chi connectivity index (χ1) is 10.6. The fraction of sp³-hybridized carbons (Fsp3) is 0.278. The molecule has 0 radical (unpaired) electrons. The summed E-state index contributed by atoms with van der Waals surface area (Å²) in [6.45, 7) is 6.40. The maximum Gasteiger partial charge on any atom is 0.190 e. The van der Waals surface area contributed by atoms with E-state index in [1.165, 1.54) is 16.7 Å². The summed E-state index contributed by atoms with van der Waals surface area (Å²) in [4.78, 5) is 0. The van der Waals surface area contributed by atoms with Gasteiger partial charge in [-0.2, -0.15) is 5.43 Å². The van der Waals surface area contributed by atoms with Gasteiger partial charge in [-0.25, -0.2) is 5.01 Å². The van der Waals surface area contributed by atoms with Crippen LogP contribution in [0.4, 0.5) is 5.69 Å². The molecule has 1 atom stereocenters. The zero-order chi connectivity index (χ0) is 15.7. The molecule has 3 nitrogen and oxygen atoms in total. The van der Waals surface area contributed by atoms with Crippen LogP contribution in [0.25, 0.3) is 0 Å². The van der Waals surface area contributed by atoms with Crippen molar-refractivity contribution < 1.29 is 0 Å². The average molecular weight is 311 g/mol. The summed E-state index contributed by atoms with van der Waals surface area (Å²) in [5.41, 5.74) is 8.02. The standard InChI is InChI=1S/C18H21N3S/c1-4-18(15-10-6-5-7-11-15)19-17(22)21(20-18)16-12-8-9-13(2)14(16)3/h5-12,20H,4H2,1-3H3,(H,19,22). The molecule has 0 amide bonds.